The second-order valence-electron chi connectivity index (χ2n) is 8.33. The van der Waals surface area contributed by atoms with Crippen LogP contribution in [0.1, 0.15) is 29.9 Å². The number of hydrogen-bond donors (Lipinski definition) is 0. The molecule has 1 aliphatic carbocycles. The number of hydrogen-bond acceptors (Lipinski definition) is 1. The summed E-state index contributed by atoms with van der Waals surface area (Å²) in [6.45, 7) is 2.22. The molecule has 0 amide bonds. The highest BCUT2D eigenvalue weighted by atomic mass is 15.1. The normalized spacial score (nSPS) is 13.3. The molecule has 5 rings (SSSR count). The van der Waals surface area contributed by atoms with Gasteiger partial charge in [-0.05, 0) is 83.3 Å². The topological polar surface area (TPSA) is 3.24 Å². The zero-order valence-corrected chi connectivity index (χ0v) is 17.7. The number of aryl methyl sites for hydroxylation is 1. The minimum Gasteiger partial charge on any atom is -0.345 e. The van der Waals surface area contributed by atoms with E-state index in [0.29, 0.717) is 0 Å². The first kappa shape index (κ1) is 18.7. The first-order valence-electron chi connectivity index (χ1n) is 10.8. The van der Waals surface area contributed by atoms with E-state index in [2.05, 4.69) is 116 Å². The third kappa shape index (κ3) is 3.64. The molecule has 0 unspecified atom stereocenters. The lowest BCUT2D eigenvalue weighted by molar-refractivity contribution is 1.13. The molecule has 0 heterocycles. The zero-order chi connectivity index (χ0) is 20.5. The molecule has 0 aliphatic heterocycles. The van der Waals surface area contributed by atoms with Gasteiger partial charge < -0.3 is 4.90 Å². The molecule has 30 heavy (non-hydrogen) atoms. The van der Waals surface area contributed by atoms with Gasteiger partial charge in [-0.2, -0.15) is 0 Å². The van der Waals surface area contributed by atoms with Gasteiger partial charge in [0.05, 0.1) is 0 Å². The minimum absolute atomic E-state index is 0.743. The van der Waals surface area contributed by atoms with Crippen LogP contribution in [0.3, 0.4) is 0 Å². The molecule has 148 valence electrons. The van der Waals surface area contributed by atoms with Crippen molar-refractivity contribution in [3.05, 3.63) is 108 Å². The predicted molar refractivity (Wildman–Crippen MR) is 129 cm³/mol. The summed E-state index contributed by atoms with van der Waals surface area (Å²) in [5.41, 5.74) is 10.5. The molecule has 1 saturated carbocycles. The van der Waals surface area contributed by atoms with Crippen molar-refractivity contribution in [2.24, 2.45) is 0 Å². The summed E-state index contributed by atoms with van der Waals surface area (Å²) in [5.74, 6) is 0.743. The van der Waals surface area contributed by atoms with E-state index in [0.717, 1.165) is 5.92 Å². The average molecular weight is 390 g/mol. The Morgan fingerprint density at radius 1 is 0.633 bits per heavy atom. The van der Waals surface area contributed by atoms with E-state index in [1.807, 2.05) is 0 Å². The Balaban J connectivity index is 1.47. The molecule has 1 nitrogen and oxygen atoms in total. The summed E-state index contributed by atoms with van der Waals surface area (Å²) < 4.78 is 0. The van der Waals surface area contributed by atoms with Crippen molar-refractivity contribution in [3.8, 4) is 22.3 Å². The van der Waals surface area contributed by atoms with Crippen LogP contribution >= 0.6 is 0 Å². The van der Waals surface area contributed by atoms with E-state index in [1.165, 1.54) is 57.6 Å². The summed E-state index contributed by atoms with van der Waals surface area (Å²) in [6.07, 6.45) is 2.65. The Labute approximate surface area is 179 Å². The van der Waals surface area contributed by atoms with Crippen molar-refractivity contribution in [2.45, 2.75) is 25.7 Å². The fourth-order valence-electron chi connectivity index (χ4n) is 4.26. The van der Waals surface area contributed by atoms with Crippen LogP contribution in [0.15, 0.2) is 97.1 Å². The van der Waals surface area contributed by atoms with Crippen molar-refractivity contribution >= 4 is 11.4 Å². The Bertz CT molecular complexity index is 1150. The van der Waals surface area contributed by atoms with Gasteiger partial charge in [-0.25, -0.2) is 0 Å². The van der Waals surface area contributed by atoms with Gasteiger partial charge in [-0.1, -0.05) is 72.8 Å². The molecule has 0 N–H and O–H groups in total. The number of rotatable bonds is 5. The van der Waals surface area contributed by atoms with Gasteiger partial charge in [-0.15, -0.1) is 0 Å². The SMILES string of the molecule is Cc1ccc(N(C)c2ccc(-c3ccccc3)cc2)cc1-c1ccccc1C1CC1. The van der Waals surface area contributed by atoms with Crippen molar-refractivity contribution in [1.82, 2.24) is 0 Å². The van der Waals surface area contributed by atoms with Gasteiger partial charge in [0.1, 0.15) is 0 Å². The van der Waals surface area contributed by atoms with Crippen molar-refractivity contribution in [1.29, 1.82) is 0 Å². The van der Waals surface area contributed by atoms with Crippen molar-refractivity contribution in [3.63, 3.8) is 0 Å². The summed E-state index contributed by atoms with van der Waals surface area (Å²) in [6, 6.07) is 35.1. The fraction of sp³-hybridized carbons (Fsp3) is 0.172. The third-order valence-corrected chi connectivity index (χ3v) is 6.24. The number of nitrogens with zero attached hydrogens (tertiary/aromatic N) is 1. The van der Waals surface area contributed by atoms with E-state index >= 15 is 0 Å². The van der Waals surface area contributed by atoms with Gasteiger partial charge in [0, 0.05) is 18.4 Å². The lowest BCUT2D eigenvalue weighted by atomic mass is 9.93. The summed E-state index contributed by atoms with van der Waals surface area (Å²) in [5, 5.41) is 0. The van der Waals surface area contributed by atoms with Crippen molar-refractivity contribution in [2.75, 3.05) is 11.9 Å². The van der Waals surface area contributed by atoms with Crippen LogP contribution in [0.5, 0.6) is 0 Å². The molecule has 1 fully saturated rings. The van der Waals surface area contributed by atoms with E-state index in [9.17, 15) is 0 Å². The molecular formula is C29H27N. The Morgan fingerprint density at radius 2 is 1.27 bits per heavy atom. The van der Waals surface area contributed by atoms with Gasteiger partial charge in [-0.3, -0.25) is 0 Å². The Kier molecular flexibility index (Phi) is 4.88. The van der Waals surface area contributed by atoms with Gasteiger partial charge in [0.2, 0.25) is 0 Å². The molecule has 0 spiro atoms. The molecule has 0 atom stereocenters. The molecule has 0 bridgehead atoms. The smallest absolute Gasteiger partial charge is 0.0414 e. The molecule has 0 aromatic heterocycles. The quantitative estimate of drug-likeness (QED) is 0.334. The molecule has 4 aromatic rings. The monoisotopic (exact) mass is 389 g/mol. The highest BCUT2D eigenvalue weighted by Crippen LogP contribution is 2.45. The second-order valence-corrected chi connectivity index (χ2v) is 8.33. The fourth-order valence-corrected chi connectivity index (χ4v) is 4.26. The van der Waals surface area contributed by atoms with Gasteiger partial charge in [0.15, 0.2) is 0 Å². The molecule has 1 aliphatic rings. The van der Waals surface area contributed by atoms with E-state index in [4.69, 9.17) is 0 Å². The largest absolute Gasteiger partial charge is 0.345 e. The van der Waals surface area contributed by atoms with E-state index in [-0.39, 0.29) is 0 Å². The second kappa shape index (κ2) is 7.84. The maximum absolute atomic E-state index is 2.35. The molecule has 1 heteroatoms. The lowest BCUT2D eigenvalue weighted by Crippen LogP contribution is -2.09. The van der Waals surface area contributed by atoms with Crippen LogP contribution in [0.4, 0.5) is 11.4 Å². The zero-order valence-electron chi connectivity index (χ0n) is 17.7. The maximum atomic E-state index is 2.35. The highest BCUT2D eigenvalue weighted by Gasteiger charge is 2.26. The van der Waals surface area contributed by atoms with Crippen LogP contribution in [0, 0.1) is 6.92 Å². The number of benzene rings is 4. The first-order chi connectivity index (χ1) is 14.7. The standard InChI is InChI=1S/C29H27N/c1-21-12-17-26(20-29(21)28-11-7-6-10-27(28)24-13-14-24)30(2)25-18-15-23(16-19-25)22-8-4-3-5-9-22/h3-12,15-20,24H,13-14H2,1-2H3. The number of anilines is 2. The molecule has 0 saturated heterocycles. The minimum atomic E-state index is 0.743. The van der Waals surface area contributed by atoms with Crippen molar-refractivity contribution < 1.29 is 0 Å². The van der Waals surface area contributed by atoms with Crippen LogP contribution in [-0.4, -0.2) is 7.05 Å². The maximum Gasteiger partial charge on any atom is 0.0414 e. The lowest BCUT2D eigenvalue weighted by Gasteiger charge is -2.22. The Hall–Kier alpha value is -3.32. The Morgan fingerprint density at radius 3 is 2.00 bits per heavy atom. The third-order valence-electron chi connectivity index (χ3n) is 6.24. The molecule has 4 aromatic carbocycles. The van der Waals surface area contributed by atoms with Crippen LogP contribution in [-0.2, 0) is 0 Å². The predicted octanol–water partition coefficient (Wildman–Crippen LogP) is 7.97. The first-order valence-corrected chi connectivity index (χ1v) is 10.8. The average Bonchev–Trinajstić information content (AvgIpc) is 3.65. The summed E-state index contributed by atoms with van der Waals surface area (Å²) in [4.78, 5) is 2.28. The van der Waals surface area contributed by atoms with E-state index in [1.54, 1.807) is 0 Å². The summed E-state index contributed by atoms with van der Waals surface area (Å²) >= 11 is 0. The van der Waals surface area contributed by atoms with E-state index < -0.39 is 0 Å². The van der Waals surface area contributed by atoms with Crippen LogP contribution < -0.4 is 4.90 Å². The summed E-state index contributed by atoms with van der Waals surface area (Å²) in [7, 11) is 2.15. The molecule has 0 radical (unpaired) electrons. The van der Waals surface area contributed by atoms with Crippen LogP contribution in [0.25, 0.3) is 22.3 Å². The van der Waals surface area contributed by atoms with Gasteiger partial charge in [0.25, 0.3) is 0 Å². The highest BCUT2D eigenvalue weighted by molar-refractivity contribution is 5.77. The molecular weight excluding hydrogens is 362 g/mol. The van der Waals surface area contributed by atoms with Crippen LogP contribution in [0.2, 0.25) is 0 Å². The van der Waals surface area contributed by atoms with Gasteiger partial charge >= 0.3 is 0 Å².